The number of hydrogen-bond donors (Lipinski definition) is 1. The second kappa shape index (κ2) is 6.32. The quantitative estimate of drug-likeness (QED) is 0.861. The largest absolute Gasteiger partial charge is 0.324 e. The average molecular weight is 401 g/mol. The maximum absolute atomic E-state index is 11.9. The predicted octanol–water partition coefficient (Wildman–Crippen LogP) is 2.72. The number of carbonyl (C=O) groups is 1. The van der Waals surface area contributed by atoms with Crippen LogP contribution in [-0.2, 0) is 11.3 Å². The van der Waals surface area contributed by atoms with Crippen molar-refractivity contribution < 1.29 is 4.79 Å². The molecule has 0 saturated heterocycles. The Morgan fingerprint density at radius 1 is 1.35 bits per heavy atom. The fraction of sp³-hybridized carbons (Fsp3) is 0.154. The Morgan fingerprint density at radius 3 is 2.75 bits per heavy atom. The fourth-order valence-corrected chi connectivity index (χ4v) is 2.16. The van der Waals surface area contributed by atoms with Gasteiger partial charge in [0.2, 0.25) is 5.91 Å². The summed E-state index contributed by atoms with van der Waals surface area (Å²) in [5, 5.41) is 6.66. The van der Waals surface area contributed by atoms with Crippen molar-refractivity contribution in [1.29, 1.82) is 0 Å². The number of para-hydroxylation sites is 1. The predicted molar refractivity (Wildman–Crippen MR) is 83.7 cm³/mol. The molecule has 0 unspecified atom stereocenters. The molecule has 2 rings (SSSR count). The van der Waals surface area contributed by atoms with Gasteiger partial charge in [-0.25, -0.2) is 4.68 Å². The van der Waals surface area contributed by atoms with Crippen molar-refractivity contribution in [3.8, 4) is 0 Å². The second-order valence-electron chi connectivity index (χ2n) is 4.13. The van der Waals surface area contributed by atoms with Crippen LogP contribution in [0.25, 0.3) is 0 Å². The molecule has 1 heterocycles. The summed E-state index contributed by atoms with van der Waals surface area (Å²) >= 11 is 6.33. The van der Waals surface area contributed by atoms with E-state index in [1.807, 2.05) is 25.1 Å². The maximum atomic E-state index is 11.9. The Morgan fingerprint density at radius 2 is 2.05 bits per heavy atom. The van der Waals surface area contributed by atoms with Gasteiger partial charge in [0.15, 0.2) is 0 Å². The number of rotatable bonds is 3. The van der Waals surface area contributed by atoms with Crippen LogP contribution < -0.4 is 10.9 Å². The molecule has 5 nitrogen and oxygen atoms in total. The number of aryl methyl sites for hydroxylation is 1. The summed E-state index contributed by atoms with van der Waals surface area (Å²) in [7, 11) is 0. The summed E-state index contributed by atoms with van der Waals surface area (Å²) in [6, 6.07) is 7.43. The van der Waals surface area contributed by atoms with Crippen molar-refractivity contribution >= 4 is 43.5 Å². The van der Waals surface area contributed by atoms with Gasteiger partial charge >= 0.3 is 0 Å². The van der Waals surface area contributed by atoms with Crippen molar-refractivity contribution in [2.75, 3.05) is 5.32 Å². The van der Waals surface area contributed by atoms with Crippen LogP contribution in [0.2, 0.25) is 0 Å². The molecule has 20 heavy (non-hydrogen) atoms. The van der Waals surface area contributed by atoms with Gasteiger partial charge in [-0.05, 0) is 50.4 Å². The zero-order chi connectivity index (χ0) is 14.7. The van der Waals surface area contributed by atoms with Crippen LogP contribution in [0.1, 0.15) is 5.56 Å². The maximum Gasteiger partial charge on any atom is 0.282 e. The highest BCUT2D eigenvalue weighted by Crippen LogP contribution is 2.16. The molecule has 1 amide bonds. The lowest BCUT2D eigenvalue weighted by Crippen LogP contribution is -2.30. The Labute approximate surface area is 132 Å². The van der Waals surface area contributed by atoms with E-state index in [1.165, 1.54) is 6.20 Å². The molecule has 1 aromatic heterocycles. The van der Waals surface area contributed by atoms with E-state index in [2.05, 4.69) is 42.3 Å². The van der Waals surface area contributed by atoms with E-state index in [0.717, 1.165) is 15.9 Å². The summed E-state index contributed by atoms with van der Waals surface area (Å²) < 4.78 is 2.00. The van der Waals surface area contributed by atoms with Gasteiger partial charge in [-0.3, -0.25) is 9.59 Å². The van der Waals surface area contributed by atoms with E-state index in [9.17, 15) is 9.59 Å². The van der Waals surface area contributed by atoms with Crippen LogP contribution in [0.3, 0.4) is 0 Å². The van der Waals surface area contributed by atoms with Crippen LogP contribution in [0.4, 0.5) is 5.69 Å². The van der Waals surface area contributed by atoms with Crippen molar-refractivity contribution in [3.05, 3.63) is 55.3 Å². The van der Waals surface area contributed by atoms with Gasteiger partial charge in [-0.2, -0.15) is 5.10 Å². The molecule has 1 aromatic carbocycles. The summed E-state index contributed by atoms with van der Waals surface area (Å²) in [6.07, 6.45) is 1.46. The summed E-state index contributed by atoms with van der Waals surface area (Å²) in [5.74, 6) is -0.303. The molecule has 0 aliphatic carbocycles. The van der Waals surface area contributed by atoms with Gasteiger partial charge in [-0.1, -0.05) is 18.2 Å². The first-order valence-electron chi connectivity index (χ1n) is 5.75. The number of benzene rings is 1. The van der Waals surface area contributed by atoms with Crippen LogP contribution >= 0.6 is 31.9 Å². The lowest BCUT2D eigenvalue weighted by Gasteiger charge is -2.09. The van der Waals surface area contributed by atoms with E-state index in [-0.39, 0.29) is 18.0 Å². The summed E-state index contributed by atoms with van der Waals surface area (Å²) in [6.45, 7) is 1.76. The van der Waals surface area contributed by atoms with Crippen LogP contribution in [0.15, 0.2) is 44.2 Å². The zero-order valence-corrected chi connectivity index (χ0v) is 13.7. The highest BCUT2D eigenvalue weighted by molar-refractivity contribution is 9.13. The number of hydrogen-bond acceptors (Lipinski definition) is 3. The standard InChI is InChI=1S/C13H11Br2N3O2/c1-8-4-2-3-5-10(8)17-11(19)7-18-13(20)12(15)9(14)6-16-18/h2-6H,7H2,1H3,(H,17,19). The lowest BCUT2D eigenvalue weighted by atomic mass is 10.2. The Kier molecular flexibility index (Phi) is 4.72. The van der Waals surface area contributed by atoms with Crippen molar-refractivity contribution in [3.63, 3.8) is 0 Å². The number of aromatic nitrogens is 2. The highest BCUT2D eigenvalue weighted by atomic mass is 79.9. The molecular formula is C13H11Br2N3O2. The molecule has 0 aliphatic heterocycles. The van der Waals surface area contributed by atoms with Gasteiger partial charge in [0.25, 0.3) is 5.56 Å². The zero-order valence-electron chi connectivity index (χ0n) is 10.6. The van der Waals surface area contributed by atoms with Crippen LogP contribution in [0.5, 0.6) is 0 Å². The molecule has 0 saturated carbocycles. The molecule has 0 bridgehead atoms. The van der Waals surface area contributed by atoms with Crippen molar-refractivity contribution in [2.45, 2.75) is 13.5 Å². The normalized spacial score (nSPS) is 10.3. The third-order valence-corrected chi connectivity index (χ3v) is 4.55. The smallest absolute Gasteiger partial charge is 0.282 e. The monoisotopic (exact) mass is 399 g/mol. The molecule has 0 fully saturated rings. The minimum absolute atomic E-state index is 0.140. The van der Waals surface area contributed by atoms with Crippen LogP contribution in [-0.4, -0.2) is 15.7 Å². The third kappa shape index (κ3) is 3.34. The Balaban J connectivity index is 2.15. The molecule has 2 aromatic rings. The molecule has 0 spiro atoms. The highest BCUT2D eigenvalue weighted by Gasteiger charge is 2.11. The van der Waals surface area contributed by atoms with E-state index >= 15 is 0 Å². The Hall–Kier alpha value is -1.47. The Bertz CT molecular complexity index is 713. The van der Waals surface area contributed by atoms with Crippen molar-refractivity contribution in [2.24, 2.45) is 0 Å². The molecular weight excluding hydrogens is 390 g/mol. The summed E-state index contributed by atoms with van der Waals surface area (Å²) in [4.78, 5) is 23.8. The van der Waals surface area contributed by atoms with Gasteiger partial charge in [0.05, 0.1) is 10.7 Å². The first kappa shape index (κ1) is 14.9. The first-order chi connectivity index (χ1) is 9.49. The average Bonchev–Trinajstić information content (AvgIpc) is 2.42. The topological polar surface area (TPSA) is 64.0 Å². The minimum Gasteiger partial charge on any atom is -0.324 e. The van der Waals surface area contributed by atoms with E-state index in [4.69, 9.17) is 0 Å². The second-order valence-corrected chi connectivity index (χ2v) is 5.78. The number of anilines is 1. The third-order valence-electron chi connectivity index (χ3n) is 2.65. The number of amides is 1. The molecule has 7 heteroatoms. The number of carbonyl (C=O) groups excluding carboxylic acids is 1. The van der Waals surface area contributed by atoms with E-state index in [1.54, 1.807) is 6.07 Å². The molecule has 1 N–H and O–H groups in total. The van der Waals surface area contributed by atoms with Gasteiger partial charge in [-0.15, -0.1) is 0 Å². The van der Waals surface area contributed by atoms with Gasteiger partial charge in [0, 0.05) is 5.69 Å². The van der Waals surface area contributed by atoms with Crippen LogP contribution in [0, 0.1) is 6.92 Å². The molecule has 0 radical (unpaired) electrons. The lowest BCUT2D eigenvalue weighted by molar-refractivity contribution is -0.117. The van der Waals surface area contributed by atoms with Gasteiger partial charge in [0.1, 0.15) is 11.0 Å². The fourth-order valence-electron chi connectivity index (χ4n) is 1.60. The molecule has 0 atom stereocenters. The summed E-state index contributed by atoms with van der Waals surface area (Å²) in [5.41, 5.74) is 1.32. The van der Waals surface area contributed by atoms with Crippen molar-refractivity contribution in [1.82, 2.24) is 9.78 Å². The first-order valence-corrected chi connectivity index (χ1v) is 7.34. The van der Waals surface area contributed by atoms with E-state index < -0.39 is 0 Å². The molecule has 104 valence electrons. The number of halogens is 2. The number of nitrogens with zero attached hydrogens (tertiary/aromatic N) is 2. The minimum atomic E-state index is -0.362. The van der Waals surface area contributed by atoms with Gasteiger partial charge < -0.3 is 5.32 Å². The molecule has 0 aliphatic rings. The number of nitrogens with one attached hydrogen (secondary N) is 1. The SMILES string of the molecule is Cc1ccccc1NC(=O)Cn1ncc(Br)c(Br)c1=O. The van der Waals surface area contributed by atoms with E-state index in [0.29, 0.717) is 8.95 Å².